The van der Waals surface area contributed by atoms with Crippen LogP contribution in [0, 0.1) is 0 Å². The second-order valence-corrected chi connectivity index (χ2v) is 4.64. The van der Waals surface area contributed by atoms with Gasteiger partial charge in [-0.1, -0.05) is 50.2 Å². The van der Waals surface area contributed by atoms with Crippen LogP contribution in [-0.4, -0.2) is 4.98 Å². The molecule has 0 unspecified atom stereocenters. The summed E-state index contributed by atoms with van der Waals surface area (Å²) in [4.78, 5) is 4.65. The van der Waals surface area contributed by atoms with Crippen LogP contribution in [0.2, 0.25) is 0 Å². The van der Waals surface area contributed by atoms with Gasteiger partial charge in [-0.3, -0.25) is 4.98 Å². The number of hydrogen-bond donors (Lipinski definition) is 0. The molecular weight excluding hydrogens is 218 g/mol. The summed E-state index contributed by atoms with van der Waals surface area (Å²) in [6.45, 7) is 4.39. The lowest BCUT2D eigenvalue weighted by Crippen LogP contribution is -1.96. The summed E-state index contributed by atoms with van der Waals surface area (Å²) in [6.07, 6.45) is 4.09. The van der Waals surface area contributed by atoms with E-state index in [9.17, 15) is 0 Å². The number of benzene rings is 2. The van der Waals surface area contributed by atoms with Crippen LogP contribution in [0.5, 0.6) is 0 Å². The monoisotopic (exact) mass is 235 g/mol. The maximum absolute atomic E-state index is 4.65. The van der Waals surface area contributed by atoms with Gasteiger partial charge >= 0.3 is 0 Å². The molecule has 0 radical (unpaired) electrons. The summed E-state index contributed by atoms with van der Waals surface area (Å²) in [5.74, 6) is 0. The first-order valence-electron chi connectivity index (χ1n) is 6.63. The van der Waals surface area contributed by atoms with Gasteiger partial charge in [-0.15, -0.1) is 0 Å². The van der Waals surface area contributed by atoms with Crippen molar-refractivity contribution < 1.29 is 0 Å². The zero-order valence-corrected chi connectivity index (χ0v) is 10.9. The van der Waals surface area contributed by atoms with Crippen molar-refractivity contribution in [1.82, 2.24) is 4.98 Å². The van der Waals surface area contributed by atoms with Gasteiger partial charge in [0.15, 0.2) is 0 Å². The molecule has 0 aliphatic heterocycles. The lowest BCUT2D eigenvalue weighted by molar-refractivity contribution is 0.980. The zero-order valence-electron chi connectivity index (χ0n) is 10.9. The highest BCUT2D eigenvalue weighted by Gasteiger charge is 2.08. The molecule has 0 bridgehead atoms. The second-order valence-electron chi connectivity index (χ2n) is 4.64. The number of aromatic nitrogens is 1. The van der Waals surface area contributed by atoms with Crippen LogP contribution in [0.1, 0.15) is 25.1 Å². The van der Waals surface area contributed by atoms with E-state index in [1.54, 1.807) is 0 Å². The van der Waals surface area contributed by atoms with Gasteiger partial charge in [0.25, 0.3) is 0 Å². The highest BCUT2D eigenvalue weighted by molar-refractivity contribution is 6.08. The van der Waals surface area contributed by atoms with Crippen LogP contribution in [0.15, 0.2) is 42.6 Å². The molecule has 18 heavy (non-hydrogen) atoms. The van der Waals surface area contributed by atoms with E-state index in [0.717, 1.165) is 12.8 Å². The minimum atomic E-state index is 1.01. The number of hydrogen-bond acceptors (Lipinski definition) is 1. The maximum Gasteiger partial charge on any atom is 0.0439 e. The Balaban J connectivity index is 2.46. The number of pyridine rings is 1. The van der Waals surface area contributed by atoms with Crippen molar-refractivity contribution in [3.63, 3.8) is 0 Å². The molecule has 0 saturated carbocycles. The highest BCUT2D eigenvalue weighted by atomic mass is 14.7. The van der Waals surface area contributed by atoms with Crippen LogP contribution >= 0.6 is 0 Å². The first-order chi connectivity index (χ1) is 8.85. The molecule has 0 saturated heterocycles. The molecule has 2 aromatic carbocycles. The Hall–Kier alpha value is -1.89. The molecule has 0 spiro atoms. The molecule has 3 rings (SSSR count). The molecule has 0 aliphatic carbocycles. The smallest absolute Gasteiger partial charge is 0.0439 e. The van der Waals surface area contributed by atoms with Crippen molar-refractivity contribution in [2.75, 3.05) is 0 Å². The Kier molecular flexibility index (Phi) is 2.75. The van der Waals surface area contributed by atoms with E-state index in [-0.39, 0.29) is 0 Å². The molecule has 0 amide bonds. The van der Waals surface area contributed by atoms with E-state index in [4.69, 9.17) is 0 Å². The van der Waals surface area contributed by atoms with Gasteiger partial charge in [0.1, 0.15) is 0 Å². The molecule has 1 aromatic heterocycles. The number of aryl methyl sites for hydroxylation is 2. The topological polar surface area (TPSA) is 12.9 Å². The third-order valence-corrected chi connectivity index (χ3v) is 3.68. The van der Waals surface area contributed by atoms with E-state index >= 15 is 0 Å². The largest absolute Gasteiger partial charge is 0.260 e. The molecule has 1 heteroatoms. The van der Waals surface area contributed by atoms with Crippen molar-refractivity contribution in [2.24, 2.45) is 0 Å². The van der Waals surface area contributed by atoms with Gasteiger partial charge in [-0.2, -0.15) is 0 Å². The van der Waals surface area contributed by atoms with Gasteiger partial charge in [-0.05, 0) is 34.6 Å². The SMILES string of the molecule is CCc1ncc2c(ccc3ccccc32)c1CC. The fourth-order valence-electron chi connectivity index (χ4n) is 2.77. The summed E-state index contributed by atoms with van der Waals surface area (Å²) in [5, 5.41) is 5.24. The molecule has 0 N–H and O–H groups in total. The Morgan fingerprint density at radius 1 is 0.833 bits per heavy atom. The minimum absolute atomic E-state index is 1.01. The normalized spacial score (nSPS) is 11.2. The highest BCUT2D eigenvalue weighted by Crippen LogP contribution is 2.28. The fraction of sp³-hybridized carbons (Fsp3) is 0.235. The van der Waals surface area contributed by atoms with E-state index < -0.39 is 0 Å². The van der Waals surface area contributed by atoms with Crippen molar-refractivity contribution in [2.45, 2.75) is 26.7 Å². The van der Waals surface area contributed by atoms with Crippen molar-refractivity contribution in [1.29, 1.82) is 0 Å². The Morgan fingerprint density at radius 2 is 1.67 bits per heavy atom. The summed E-state index contributed by atoms with van der Waals surface area (Å²) in [6, 6.07) is 13.0. The molecule has 1 nitrogen and oxygen atoms in total. The Bertz CT molecular complexity index is 713. The minimum Gasteiger partial charge on any atom is -0.260 e. The summed E-state index contributed by atoms with van der Waals surface area (Å²) >= 11 is 0. The molecule has 0 atom stereocenters. The molecule has 0 aliphatic rings. The first kappa shape index (κ1) is 11.2. The van der Waals surface area contributed by atoms with Gasteiger partial charge in [0, 0.05) is 17.3 Å². The van der Waals surface area contributed by atoms with Crippen LogP contribution in [0.4, 0.5) is 0 Å². The summed E-state index contributed by atoms with van der Waals surface area (Å²) < 4.78 is 0. The quantitative estimate of drug-likeness (QED) is 0.595. The second kappa shape index (κ2) is 4.41. The molecule has 0 fully saturated rings. The van der Waals surface area contributed by atoms with Crippen LogP contribution in [0.3, 0.4) is 0 Å². The van der Waals surface area contributed by atoms with E-state index in [1.165, 1.54) is 32.8 Å². The number of nitrogens with zero attached hydrogens (tertiary/aromatic N) is 1. The van der Waals surface area contributed by atoms with Gasteiger partial charge < -0.3 is 0 Å². The van der Waals surface area contributed by atoms with E-state index in [0.29, 0.717) is 0 Å². The molecular formula is C17H17N. The van der Waals surface area contributed by atoms with Crippen LogP contribution in [-0.2, 0) is 12.8 Å². The maximum atomic E-state index is 4.65. The van der Waals surface area contributed by atoms with Crippen molar-refractivity contribution >= 4 is 21.5 Å². The van der Waals surface area contributed by atoms with E-state index in [1.807, 2.05) is 6.20 Å². The average Bonchev–Trinajstić information content (AvgIpc) is 2.45. The predicted molar refractivity (Wildman–Crippen MR) is 78.0 cm³/mol. The van der Waals surface area contributed by atoms with Crippen LogP contribution in [0.25, 0.3) is 21.5 Å². The Morgan fingerprint density at radius 3 is 2.44 bits per heavy atom. The van der Waals surface area contributed by atoms with E-state index in [2.05, 4.69) is 55.2 Å². The third kappa shape index (κ3) is 1.59. The van der Waals surface area contributed by atoms with Gasteiger partial charge in [0.05, 0.1) is 0 Å². The molecule has 1 heterocycles. The average molecular weight is 235 g/mol. The number of fused-ring (bicyclic) bond motifs is 3. The summed E-state index contributed by atoms with van der Waals surface area (Å²) in [5.41, 5.74) is 2.64. The summed E-state index contributed by atoms with van der Waals surface area (Å²) in [7, 11) is 0. The fourth-order valence-corrected chi connectivity index (χ4v) is 2.77. The standard InChI is InChI=1S/C17H17N/c1-3-13-15-10-9-12-7-5-6-8-14(12)16(15)11-18-17(13)4-2/h5-11H,3-4H2,1-2H3. The predicted octanol–water partition coefficient (Wildman–Crippen LogP) is 4.51. The van der Waals surface area contributed by atoms with Crippen LogP contribution < -0.4 is 0 Å². The molecule has 90 valence electrons. The third-order valence-electron chi connectivity index (χ3n) is 3.68. The zero-order chi connectivity index (χ0) is 12.5. The van der Waals surface area contributed by atoms with Crippen molar-refractivity contribution in [3.8, 4) is 0 Å². The molecule has 3 aromatic rings. The Labute approximate surface area is 107 Å². The van der Waals surface area contributed by atoms with Gasteiger partial charge in [-0.25, -0.2) is 0 Å². The number of rotatable bonds is 2. The van der Waals surface area contributed by atoms with Gasteiger partial charge in [0.2, 0.25) is 0 Å². The first-order valence-corrected chi connectivity index (χ1v) is 6.63. The lowest BCUT2D eigenvalue weighted by atomic mass is 9.97. The van der Waals surface area contributed by atoms with Crippen molar-refractivity contribution in [3.05, 3.63) is 53.9 Å². The lowest BCUT2D eigenvalue weighted by Gasteiger charge is -2.11.